The summed E-state index contributed by atoms with van der Waals surface area (Å²) in [6.07, 6.45) is 7.45. The Bertz CT molecular complexity index is 476. The van der Waals surface area contributed by atoms with Crippen LogP contribution in [-0.2, 0) is 0 Å². The first-order valence-electron chi connectivity index (χ1n) is 8.06. The Morgan fingerprint density at radius 2 is 1.50 bits per heavy atom. The van der Waals surface area contributed by atoms with Gasteiger partial charge in [-0.2, -0.15) is 0 Å². The second-order valence-electron chi connectivity index (χ2n) is 9.75. The van der Waals surface area contributed by atoms with Gasteiger partial charge in [0.2, 0.25) is 0 Å². The van der Waals surface area contributed by atoms with E-state index < -0.39 is 11.2 Å². The topological polar surface area (TPSA) is 40.5 Å². The summed E-state index contributed by atoms with van der Waals surface area (Å²) in [5.41, 5.74) is -0.450. The van der Waals surface area contributed by atoms with E-state index in [1.54, 1.807) is 0 Å². The van der Waals surface area contributed by atoms with Crippen LogP contribution >= 0.6 is 0 Å². The van der Waals surface area contributed by atoms with Crippen molar-refractivity contribution in [3.63, 3.8) is 0 Å². The molecule has 0 radical (unpaired) electrons. The summed E-state index contributed by atoms with van der Waals surface area (Å²) < 4.78 is 0. The molecule has 2 bridgehead atoms. The molecule has 0 heterocycles. The lowest BCUT2D eigenvalue weighted by Crippen LogP contribution is -2.65. The molecule has 3 aliphatic carbocycles. The van der Waals surface area contributed by atoms with Crippen molar-refractivity contribution in [2.24, 2.45) is 16.2 Å². The molecule has 0 amide bonds. The second-order valence-corrected chi connectivity index (χ2v) is 9.75. The first-order valence-corrected chi connectivity index (χ1v) is 8.06. The molecule has 3 atom stereocenters. The van der Waals surface area contributed by atoms with Gasteiger partial charge in [-0.15, -0.1) is 0 Å². The molecular formula is C18H30O2. The smallest absolute Gasteiger partial charge is 0.114 e. The van der Waals surface area contributed by atoms with Crippen LogP contribution in [0.4, 0.5) is 0 Å². The van der Waals surface area contributed by atoms with E-state index in [2.05, 4.69) is 40.7 Å². The van der Waals surface area contributed by atoms with E-state index in [9.17, 15) is 10.2 Å². The van der Waals surface area contributed by atoms with E-state index in [0.29, 0.717) is 19.3 Å². The molecule has 2 saturated carbocycles. The maximum atomic E-state index is 11.3. The number of aliphatic hydroxyl groups is 2. The minimum atomic E-state index is -0.986. The molecule has 20 heavy (non-hydrogen) atoms. The molecule has 3 unspecified atom stereocenters. The summed E-state index contributed by atoms with van der Waals surface area (Å²) in [7, 11) is 0. The molecule has 0 aromatic rings. The fraction of sp³-hybridized carbons (Fsp3) is 0.889. The summed E-state index contributed by atoms with van der Waals surface area (Å²) in [5, 5.41) is 22.7. The lowest BCUT2D eigenvalue weighted by Gasteiger charge is -2.62. The maximum absolute atomic E-state index is 11.3. The van der Waals surface area contributed by atoms with Gasteiger partial charge in [-0.25, -0.2) is 0 Å². The van der Waals surface area contributed by atoms with Crippen molar-refractivity contribution in [2.45, 2.75) is 84.3 Å². The Kier molecular flexibility index (Phi) is 2.70. The molecule has 0 spiro atoms. The van der Waals surface area contributed by atoms with Gasteiger partial charge in [-0.1, -0.05) is 40.7 Å². The van der Waals surface area contributed by atoms with Crippen LogP contribution in [0.3, 0.4) is 0 Å². The maximum Gasteiger partial charge on any atom is 0.114 e. The lowest BCUT2D eigenvalue weighted by atomic mass is 9.47. The van der Waals surface area contributed by atoms with Crippen molar-refractivity contribution >= 4 is 0 Å². The van der Waals surface area contributed by atoms with Crippen LogP contribution in [-0.4, -0.2) is 21.4 Å². The Hall–Kier alpha value is -0.340. The summed E-state index contributed by atoms with van der Waals surface area (Å²) in [6.45, 7) is 11.3. The molecule has 0 aromatic heterocycles. The number of hydrogen-bond donors (Lipinski definition) is 2. The summed E-state index contributed by atoms with van der Waals surface area (Å²) in [4.78, 5) is 0. The summed E-state index contributed by atoms with van der Waals surface area (Å²) in [6, 6.07) is 0. The molecule has 3 rings (SSSR count). The van der Waals surface area contributed by atoms with Crippen LogP contribution in [0.1, 0.15) is 73.1 Å². The third-order valence-corrected chi connectivity index (χ3v) is 6.01. The third kappa shape index (κ3) is 1.99. The Morgan fingerprint density at radius 1 is 0.850 bits per heavy atom. The summed E-state index contributed by atoms with van der Waals surface area (Å²) in [5.74, 6) is 0. The molecule has 0 aliphatic heterocycles. The molecule has 2 nitrogen and oxygen atoms in total. The van der Waals surface area contributed by atoms with Gasteiger partial charge in [0.25, 0.3) is 0 Å². The first kappa shape index (κ1) is 14.6. The van der Waals surface area contributed by atoms with E-state index in [1.165, 1.54) is 0 Å². The zero-order chi connectivity index (χ0) is 15.0. The van der Waals surface area contributed by atoms with Crippen LogP contribution in [0.25, 0.3) is 0 Å². The SMILES string of the molecule is CC1(C)CCC2(O)C(=CC3(C)CC(C)(C)CC2(O)C3)C1. The second kappa shape index (κ2) is 3.70. The molecular weight excluding hydrogens is 248 g/mol. The highest BCUT2D eigenvalue weighted by molar-refractivity contribution is 5.36. The largest absolute Gasteiger partial charge is 0.386 e. The quantitative estimate of drug-likeness (QED) is 0.661. The first-order chi connectivity index (χ1) is 8.89. The predicted octanol–water partition coefficient (Wildman–Crippen LogP) is 3.82. The highest BCUT2D eigenvalue weighted by Crippen LogP contribution is 2.63. The van der Waals surface area contributed by atoms with E-state index in [-0.39, 0.29) is 16.2 Å². The standard InChI is InChI=1S/C18H30O2/c1-14(2)6-7-18(20)13(8-14)9-16(5)10-15(3,4)11-17(18,19)12-16/h9,19-20H,6-8,10-12H2,1-5H3. The predicted molar refractivity (Wildman–Crippen MR) is 81.4 cm³/mol. The zero-order valence-electron chi connectivity index (χ0n) is 13.7. The van der Waals surface area contributed by atoms with Crippen molar-refractivity contribution in [3.05, 3.63) is 11.6 Å². The number of fused-ring (bicyclic) bond motifs is 4. The van der Waals surface area contributed by atoms with Crippen LogP contribution in [0.5, 0.6) is 0 Å². The van der Waals surface area contributed by atoms with Crippen molar-refractivity contribution in [2.75, 3.05) is 0 Å². The van der Waals surface area contributed by atoms with Crippen LogP contribution in [0, 0.1) is 16.2 Å². The van der Waals surface area contributed by atoms with Gasteiger partial charge >= 0.3 is 0 Å². The number of hydrogen-bond acceptors (Lipinski definition) is 2. The van der Waals surface area contributed by atoms with Gasteiger partial charge < -0.3 is 10.2 Å². The average molecular weight is 278 g/mol. The van der Waals surface area contributed by atoms with Gasteiger partial charge in [0.1, 0.15) is 5.60 Å². The van der Waals surface area contributed by atoms with E-state index in [0.717, 1.165) is 24.8 Å². The van der Waals surface area contributed by atoms with Crippen LogP contribution in [0.15, 0.2) is 11.6 Å². The molecule has 0 saturated heterocycles. The monoisotopic (exact) mass is 278 g/mol. The zero-order valence-corrected chi connectivity index (χ0v) is 13.7. The Morgan fingerprint density at radius 3 is 2.15 bits per heavy atom. The molecule has 0 aromatic carbocycles. The van der Waals surface area contributed by atoms with Crippen LogP contribution in [0.2, 0.25) is 0 Å². The van der Waals surface area contributed by atoms with Crippen molar-refractivity contribution in [1.29, 1.82) is 0 Å². The van der Waals surface area contributed by atoms with Gasteiger partial charge in [0, 0.05) is 0 Å². The lowest BCUT2D eigenvalue weighted by molar-refractivity contribution is -0.207. The van der Waals surface area contributed by atoms with Gasteiger partial charge in [0.05, 0.1) is 5.60 Å². The minimum Gasteiger partial charge on any atom is -0.386 e. The summed E-state index contributed by atoms with van der Waals surface area (Å²) >= 11 is 0. The number of allylic oxidation sites excluding steroid dienone is 1. The van der Waals surface area contributed by atoms with Crippen molar-refractivity contribution in [3.8, 4) is 0 Å². The average Bonchev–Trinajstić information content (AvgIpc) is 2.17. The molecule has 2 N–H and O–H groups in total. The normalized spacial score (nSPS) is 49.2. The van der Waals surface area contributed by atoms with Gasteiger partial charge in [-0.05, 0) is 60.3 Å². The molecule has 2 heteroatoms. The fourth-order valence-electron chi connectivity index (χ4n) is 5.69. The fourth-order valence-corrected chi connectivity index (χ4v) is 5.69. The van der Waals surface area contributed by atoms with Gasteiger partial charge in [-0.3, -0.25) is 0 Å². The van der Waals surface area contributed by atoms with E-state index >= 15 is 0 Å². The van der Waals surface area contributed by atoms with E-state index in [1.807, 2.05) is 0 Å². The minimum absolute atomic E-state index is 0.0332. The van der Waals surface area contributed by atoms with E-state index in [4.69, 9.17) is 0 Å². The molecule has 2 fully saturated rings. The third-order valence-electron chi connectivity index (χ3n) is 6.01. The van der Waals surface area contributed by atoms with Crippen molar-refractivity contribution in [1.82, 2.24) is 0 Å². The highest BCUT2D eigenvalue weighted by atomic mass is 16.4. The van der Waals surface area contributed by atoms with Crippen molar-refractivity contribution < 1.29 is 10.2 Å². The highest BCUT2D eigenvalue weighted by Gasteiger charge is 2.63. The Balaban J connectivity index is 2.11. The number of rotatable bonds is 0. The molecule has 114 valence electrons. The van der Waals surface area contributed by atoms with Gasteiger partial charge in [0.15, 0.2) is 0 Å². The van der Waals surface area contributed by atoms with Crippen LogP contribution < -0.4 is 0 Å². The molecule has 3 aliphatic rings. The Labute approximate surface area is 123 Å².